The summed E-state index contributed by atoms with van der Waals surface area (Å²) in [5, 5.41) is 21.7. The van der Waals surface area contributed by atoms with Crippen LogP contribution >= 0.6 is 0 Å². The van der Waals surface area contributed by atoms with Crippen LogP contribution in [0, 0.1) is 23.3 Å². The van der Waals surface area contributed by atoms with E-state index < -0.39 is 0 Å². The number of carbonyl (C=O) groups is 1. The molecule has 0 amide bonds. The zero-order chi connectivity index (χ0) is 33.5. The number of allylic oxidation sites excluding steroid dienone is 2. The van der Waals surface area contributed by atoms with Crippen LogP contribution in [0.1, 0.15) is 79.7 Å². The summed E-state index contributed by atoms with van der Waals surface area (Å²) in [7, 11) is 0. The summed E-state index contributed by atoms with van der Waals surface area (Å²) in [5.74, 6) is 0.547. The number of nitrogens with zero attached hydrogens (tertiary/aromatic N) is 1. The minimum Gasteiger partial charge on any atom is -0.512 e. The third-order valence-corrected chi connectivity index (χ3v) is 9.77. The number of fused-ring (bicyclic) bond motifs is 7. The number of hydrogen-bond donors (Lipinski definition) is 1. The second kappa shape index (κ2) is 14.4. The van der Waals surface area contributed by atoms with Gasteiger partial charge in [-0.15, -0.1) is 23.6 Å². The molecule has 0 aliphatic carbocycles. The number of aromatic nitrogens is 1. The Kier molecular flexibility index (Phi) is 10.6. The summed E-state index contributed by atoms with van der Waals surface area (Å²) in [6, 6.07) is 23.2. The topological polar surface area (TPSA) is 63.3 Å². The van der Waals surface area contributed by atoms with Crippen LogP contribution in [-0.4, -0.2) is 15.9 Å². The second-order valence-corrected chi connectivity index (χ2v) is 14.2. The Balaban J connectivity index is 0.000000243. The number of furan rings is 1. The van der Waals surface area contributed by atoms with Gasteiger partial charge in [0.05, 0.1) is 12.0 Å². The first kappa shape index (κ1) is 35.5. The standard InChI is InChI=1S/C30H22NO.C13H24O2.Ir/c1-30(2,3)15-19-16-32-29-22-11-12-31-28-24-14-18-8-5-4-7-17(18)13-23(24)20-9-6-10-21(25(19)29)26(20)27(22)28;1-5-10(6-2)12(14)9-13(15)11(7-3)8-4;/h4-13,16H,15H2,1-3H3;9-11,14H,5-8H2,1-4H3;/q-1;;/b;12-9-;. The van der Waals surface area contributed by atoms with Crippen LogP contribution in [0.4, 0.5) is 0 Å². The molecule has 48 heavy (non-hydrogen) atoms. The zero-order valence-electron chi connectivity index (χ0n) is 29.2. The fourth-order valence-corrected chi connectivity index (χ4v) is 7.28. The van der Waals surface area contributed by atoms with Gasteiger partial charge in [-0.2, -0.15) is 0 Å². The Morgan fingerprint density at radius 1 is 0.854 bits per heavy atom. The molecule has 1 radical (unpaired) electrons. The van der Waals surface area contributed by atoms with Gasteiger partial charge in [0.1, 0.15) is 5.58 Å². The SMILES string of the molecule is CC(C)(C)Cc1coc2c3ccnc4c5[c-]c6ccccc6cc5c5cccc(c12)c5c34.CCC(CC)C(=O)/C=C(\O)C(CC)CC.[Ir]. The average molecular weight is 817 g/mol. The maximum absolute atomic E-state index is 11.7. The van der Waals surface area contributed by atoms with Crippen LogP contribution in [0.2, 0.25) is 0 Å². The summed E-state index contributed by atoms with van der Waals surface area (Å²) < 4.78 is 6.26. The summed E-state index contributed by atoms with van der Waals surface area (Å²) >= 11 is 0. The molecule has 0 unspecified atom stereocenters. The Labute approximate surface area is 297 Å². The predicted octanol–water partition coefficient (Wildman–Crippen LogP) is 12.3. The van der Waals surface area contributed by atoms with E-state index in [1.807, 2.05) is 40.2 Å². The van der Waals surface area contributed by atoms with E-state index >= 15 is 0 Å². The molecule has 251 valence electrons. The van der Waals surface area contributed by atoms with Gasteiger partial charge in [0, 0.05) is 60.5 Å². The molecule has 5 heteroatoms. The summed E-state index contributed by atoms with van der Waals surface area (Å²) in [6.45, 7) is 14.9. The molecule has 2 heterocycles. The van der Waals surface area contributed by atoms with Gasteiger partial charge in [-0.3, -0.25) is 9.78 Å². The van der Waals surface area contributed by atoms with Crippen LogP contribution in [-0.2, 0) is 31.3 Å². The second-order valence-electron chi connectivity index (χ2n) is 14.2. The third-order valence-electron chi connectivity index (χ3n) is 9.77. The van der Waals surface area contributed by atoms with Crippen molar-refractivity contribution in [1.82, 2.24) is 4.98 Å². The molecule has 5 aromatic carbocycles. The molecule has 2 aromatic heterocycles. The molecular formula is C43H46IrNO3-. The van der Waals surface area contributed by atoms with Gasteiger partial charge in [0.25, 0.3) is 0 Å². The maximum Gasteiger partial charge on any atom is 0.162 e. The maximum atomic E-state index is 11.7. The van der Waals surface area contributed by atoms with Crippen molar-refractivity contribution in [1.29, 1.82) is 0 Å². The van der Waals surface area contributed by atoms with Gasteiger partial charge in [-0.05, 0) is 70.7 Å². The molecule has 0 fully saturated rings. The number of carbonyl (C=O) groups excluding carboxylic acids is 1. The molecule has 1 N–H and O–H groups in total. The van der Waals surface area contributed by atoms with Crippen molar-refractivity contribution in [2.75, 3.05) is 0 Å². The average Bonchev–Trinajstić information content (AvgIpc) is 3.47. The first-order valence-electron chi connectivity index (χ1n) is 17.2. The number of pyridine rings is 1. The van der Waals surface area contributed by atoms with E-state index in [9.17, 15) is 9.90 Å². The van der Waals surface area contributed by atoms with E-state index in [0.29, 0.717) is 0 Å². The third kappa shape index (κ3) is 6.48. The smallest absolute Gasteiger partial charge is 0.162 e. The first-order valence-corrected chi connectivity index (χ1v) is 17.2. The molecule has 7 rings (SSSR count). The van der Waals surface area contributed by atoms with Gasteiger partial charge in [0.15, 0.2) is 5.78 Å². The Morgan fingerprint density at radius 2 is 1.54 bits per heavy atom. The number of ketones is 1. The molecular weight excluding hydrogens is 771 g/mol. The fourth-order valence-electron chi connectivity index (χ4n) is 7.28. The summed E-state index contributed by atoms with van der Waals surface area (Å²) in [6.07, 6.45) is 9.75. The van der Waals surface area contributed by atoms with Gasteiger partial charge in [-0.25, -0.2) is 0 Å². The van der Waals surface area contributed by atoms with Crippen LogP contribution in [0.3, 0.4) is 0 Å². The first-order chi connectivity index (χ1) is 22.6. The van der Waals surface area contributed by atoms with E-state index in [2.05, 4.69) is 81.4 Å². The van der Waals surface area contributed by atoms with E-state index in [-0.39, 0.29) is 48.9 Å². The van der Waals surface area contributed by atoms with Gasteiger partial charge < -0.3 is 9.52 Å². The van der Waals surface area contributed by atoms with Crippen LogP contribution in [0.15, 0.2) is 83.3 Å². The monoisotopic (exact) mass is 817 g/mol. The molecule has 0 spiro atoms. The van der Waals surface area contributed by atoms with Crippen molar-refractivity contribution in [3.63, 3.8) is 0 Å². The number of aliphatic hydroxyl groups is 1. The van der Waals surface area contributed by atoms with Crippen molar-refractivity contribution in [3.05, 3.63) is 90.5 Å². The Bertz CT molecular complexity index is 2250. The minimum absolute atomic E-state index is 0. The van der Waals surface area contributed by atoms with Crippen molar-refractivity contribution in [2.45, 2.75) is 80.6 Å². The van der Waals surface area contributed by atoms with Gasteiger partial charge in [-0.1, -0.05) is 101 Å². The van der Waals surface area contributed by atoms with E-state index in [1.165, 1.54) is 49.3 Å². The molecule has 4 nitrogen and oxygen atoms in total. The molecule has 0 bridgehead atoms. The summed E-state index contributed by atoms with van der Waals surface area (Å²) in [4.78, 5) is 16.6. The normalized spacial score (nSPS) is 12.6. The minimum atomic E-state index is 0. The largest absolute Gasteiger partial charge is 0.512 e. The predicted molar refractivity (Wildman–Crippen MR) is 199 cm³/mol. The van der Waals surface area contributed by atoms with Crippen molar-refractivity contribution >= 4 is 70.7 Å². The van der Waals surface area contributed by atoms with Crippen molar-refractivity contribution < 1.29 is 34.4 Å². The van der Waals surface area contributed by atoms with Gasteiger partial charge in [0.2, 0.25) is 0 Å². The molecule has 0 aliphatic heterocycles. The van der Waals surface area contributed by atoms with Crippen molar-refractivity contribution in [3.8, 4) is 0 Å². The Morgan fingerprint density at radius 3 is 2.23 bits per heavy atom. The van der Waals surface area contributed by atoms with Gasteiger partial charge >= 0.3 is 0 Å². The van der Waals surface area contributed by atoms with Crippen LogP contribution in [0.5, 0.6) is 0 Å². The van der Waals surface area contributed by atoms with Crippen molar-refractivity contribution in [2.24, 2.45) is 17.3 Å². The number of rotatable bonds is 8. The molecule has 0 atom stereocenters. The van der Waals surface area contributed by atoms with E-state index in [1.54, 1.807) is 0 Å². The Hall–Kier alpha value is -3.79. The molecule has 7 aromatic rings. The number of aliphatic hydroxyl groups excluding tert-OH is 1. The van der Waals surface area contributed by atoms with Crippen LogP contribution in [0.25, 0.3) is 65.0 Å². The van der Waals surface area contributed by atoms with E-state index in [0.717, 1.165) is 59.4 Å². The molecule has 0 aliphatic rings. The number of benzene rings is 5. The summed E-state index contributed by atoms with van der Waals surface area (Å²) in [5.41, 5.74) is 3.43. The van der Waals surface area contributed by atoms with Crippen LogP contribution < -0.4 is 0 Å². The zero-order valence-corrected chi connectivity index (χ0v) is 31.6. The quantitative estimate of drug-likeness (QED) is 0.0545. The number of hydrogen-bond acceptors (Lipinski definition) is 4. The van der Waals surface area contributed by atoms with E-state index in [4.69, 9.17) is 9.40 Å². The molecule has 0 saturated carbocycles. The molecule has 0 saturated heterocycles. The fraction of sp³-hybridized carbons (Fsp3) is 0.349.